The molecule has 2 aliphatic rings. The third-order valence-electron chi connectivity index (χ3n) is 4.85. The SMILES string of the molecule is CN(C)c1ccc(C(=O)N2CCCN(C(=O)C3=NNC(=O)CC3)CC2)cc1. The molecule has 0 atom stereocenters. The Morgan fingerprint density at radius 3 is 2.15 bits per heavy atom. The van der Waals surface area contributed by atoms with E-state index in [1.807, 2.05) is 43.3 Å². The molecule has 1 fully saturated rings. The maximum atomic E-state index is 12.8. The van der Waals surface area contributed by atoms with E-state index in [1.165, 1.54) is 0 Å². The van der Waals surface area contributed by atoms with Crippen LogP contribution in [-0.4, -0.2) is 73.5 Å². The number of hydrazone groups is 1. The predicted octanol–water partition coefficient (Wildman–Crippen LogP) is 0.693. The van der Waals surface area contributed by atoms with E-state index in [2.05, 4.69) is 10.5 Å². The molecule has 0 radical (unpaired) electrons. The van der Waals surface area contributed by atoms with Gasteiger partial charge in [-0.2, -0.15) is 5.10 Å². The number of nitrogens with one attached hydrogen (secondary N) is 1. The number of benzene rings is 1. The minimum absolute atomic E-state index is 0.0168. The Hall–Kier alpha value is -2.90. The zero-order chi connectivity index (χ0) is 19.4. The zero-order valence-electron chi connectivity index (χ0n) is 15.8. The smallest absolute Gasteiger partial charge is 0.270 e. The number of carbonyl (C=O) groups excluding carboxylic acids is 3. The van der Waals surface area contributed by atoms with Gasteiger partial charge in [-0.1, -0.05) is 0 Å². The molecule has 2 heterocycles. The van der Waals surface area contributed by atoms with Gasteiger partial charge in [0.25, 0.3) is 11.8 Å². The molecule has 0 unspecified atom stereocenters. The summed E-state index contributed by atoms with van der Waals surface area (Å²) in [6.07, 6.45) is 1.36. The normalized spacial score (nSPS) is 17.7. The molecule has 1 aromatic carbocycles. The first kappa shape index (κ1) is 18.9. The monoisotopic (exact) mass is 371 g/mol. The average Bonchev–Trinajstić information content (AvgIpc) is 2.94. The third kappa shape index (κ3) is 4.45. The maximum absolute atomic E-state index is 12.8. The first-order valence-corrected chi connectivity index (χ1v) is 9.17. The van der Waals surface area contributed by atoms with Gasteiger partial charge in [0.1, 0.15) is 5.71 Å². The summed E-state index contributed by atoms with van der Waals surface area (Å²) in [4.78, 5) is 42.1. The average molecular weight is 371 g/mol. The summed E-state index contributed by atoms with van der Waals surface area (Å²) in [6.45, 7) is 2.14. The molecule has 1 saturated heterocycles. The van der Waals surface area contributed by atoms with Crippen molar-refractivity contribution in [3.05, 3.63) is 29.8 Å². The fourth-order valence-corrected chi connectivity index (χ4v) is 3.22. The Kier molecular flexibility index (Phi) is 5.73. The van der Waals surface area contributed by atoms with Crippen molar-refractivity contribution in [3.63, 3.8) is 0 Å². The van der Waals surface area contributed by atoms with Crippen LogP contribution in [0.5, 0.6) is 0 Å². The number of rotatable bonds is 3. The van der Waals surface area contributed by atoms with E-state index in [0.29, 0.717) is 50.3 Å². The van der Waals surface area contributed by atoms with Crippen molar-refractivity contribution in [2.24, 2.45) is 5.10 Å². The highest BCUT2D eigenvalue weighted by atomic mass is 16.2. The van der Waals surface area contributed by atoms with Crippen LogP contribution < -0.4 is 10.3 Å². The van der Waals surface area contributed by atoms with Gasteiger partial charge in [0.15, 0.2) is 0 Å². The van der Waals surface area contributed by atoms with E-state index in [9.17, 15) is 14.4 Å². The van der Waals surface area contributed by atoms with E-state index < -0.39 is 0 Å². The molecule has 0 aliphatic carbocycles. The van der Waals surface area contributed by atoms with E-state index in [1.54, 1.807) is 9.80 Å². The second kappa shape index (κ2) is 8.20. The van der Waals surface area contributed by atoms with Crippen molar-refractivity contribution in [3.8, 4) is 0 Å². The van der Waals surface area contributed by atoms with Crippen LogP contribution in [0.4, 0.5) is 5.69 Å². The first-order chi connectivity index (χ1) is 13.0. The van der Waals surface area contributed by atoms with Gasteiger partial charge >= 0.3 is 0 Å². The zero-order valence-corrected chi connectivity index (χ0v) is 15.8. The molecule has 3 amide bonds. The van der Waals surface area contributed by atoms with Crippen LogP contribution in [0.2, 0.25) is 0 Å². The highest BCUT2D eigenvalue weighted by Gasteiger charge is 2.27. The molecule has 8 heteroatoms. The van der Waals surface area contributed by atoms with Crippen molar-refractivity contribution in [1.82, 2.24) is 15.2 Å². The molecule has 0 saturated carbocycles. The van der Waals surface area contributed by atoms with Crippen molar-refractivity contribution in [2.75, 3.05) is 45.2 Å². The Labute approximate surface area is 158 Å². The van der Waals surface area contributed by atoms with Gasteiger partial charge in [0.2, 0.25) is 5.91 Å². The largest absolute Gasteiger partial charge is 0.378 e. The summed E-state index contributed by atoms with van der Waals surface area (Å²) in [7, 11) is 3.92. The van der Waals surface area contributed by atoms with Gasteiger partial charge in [-0.05, 0) is 30.7 Å². The number of amides is 3. The van der Waals surface area contributed by atoms with Crippen LogP contribution in [0, 0.1) is 0 Å². The van der Waals surface area contributed by atoms with Gasteiger partial charge in [-0.25, -0.2) is 5.43 Å². The Balaban J connectivity index is 1.61. The molecule has 27 heavy (non-hydrogen) atoms. The van der Waals surface area contributed by atoms with Gasteiger partial charge in [-0.3, -0.25) is 14.4 Å². The summed E-state index contributed by atoms with van der Waals surface area (Å²) in [5, 5.41) is 3.88. The number of anilines is 1. The van der Waals surface area contributed by atoms with E-state index in [0.717, 1.165) is 5.69 Å². The van der Waals surface area contributed by atoms with Crippen LogP contribution in [0.1, 0.15) is 29.6 Å². The highest BCUT2D eigenvalue weighted by Crippen LogP contribution is 2.15. The Morgan fingerprint density at radius 1 is 0.963 bits per heavy atom. The predicted molar refractivity (Wildman–Crippen MR) is 103 cm³/mol. The lowest BCUT2D eigenvalue weighted by atomic mass is 10.1. The minimum atomic E-state index is -0.167. The van der Waals surface area contributed by atoms with Gasteiger partial charge in [-0.15, -0.1) is 0 Å². The molecule has 3 rings (SSSR count). The van der Waals surface area contributed by atoms with Crippen LogP contribution in [0.3, 0.4) is 0 Å². The van der Waals surface area contributed by atoms with Gasteiger partial charge in [0.05, 0.1) is 0 Å². The standard InChI is InChI=1S/C19H25N5O3/c1-22(2)15-6-4-14(5-7-15)18(26)23-10-3-11-24(13-12-23)19(27)16-8-9-17(25)21-20-16/h4-7H,3,8-13H2,1-2H3,(H,21,25). The van der Waals surface area contributed by atoms with Crippen LogP contribution in [-0.2, 0) is 9.59 Å². The first-order valence-electron chi connectivity index (χ1n) is 9.17. The second-order valence-electron chi connectivity index (χ2n) is 6.97. The Morgan fingerprint density at radius 2 is 1.59 bits per heavy atom. The molecule has 8 nitrogen and oxygen atoms in total. The van der Waals surface area contributed by atoms with Crippen molar-refractivity contribution in [2.45, 2.75) is 19.3 Å². The molecule has 0 aromatic heterocycles. The summed E-state index contributed by atoms with van der Waals surface area (Å²) in [5.74, 6) is -0.337. The molecular weight excluding hydrogens is 346 g/mol. The van der Waals surface area contributed by atoms with E-state index in [4.69, 9.17) is 0 Å². The quantitative estimate of drug-likeness (QED) is 0.847. The molecule has 0 spiro atoms. The lowest BCUT2D eigenvalue weighted by Crippen LogP contribution is -2.42. The Bertz CT molecular complexity index is 757. The second-order valence-corrected chi connectivity index (χ2v) is 6.97. The van der Waals surface area contributed by atoms with Gasteiger partial charge in [0, 0.05) is 64.4 Å². The van der Waals surface area contributed by atoms with Crippen molar-refractivity contribution >= 4 is 29.1 Å². The van der Waals surface area contributed by atoms with E-state index >= 15 is 0 Å². The molecule has 2 aliphatic heterocycles. The molecule has 0 bridgehead atoms. The van der Waals surface area contributed by atoms with Crippen molar-refractivity contribution < 1.29 is 14.4 Å². The number of carbonyl (C=O) groups is 3. The molecular formula is C19H25N5O3. The lowest BCUT2D eigenvalue weighted by Gasteiger charge is -2.23. The van der Waals surface area contributed by atoms with Gasteiger partial charge < -0.3 is 14.7 Å². The van der Waals surface area contributed by atoms with E-state index in [-0.39, 0.29) is 24.1 Å². The maximum Gasteiger partial charge on any atom is 0.270 e. The summed E-state index contributed by atoms with van der Waals surface area (Å²) in [6, 6.07) is 7.53. The summed E-state index contributed by atoms with van der Waals surface area (Å²) in [5.41, 5.74) is 4.44. The van der Waals surface area contributed by atoms with Crippen LogP contribution in [0.25, 0.3) is 0 Å². The number of hydrogen-bond acceptors (Lipinski definition) is 5. The fraction of sp³-hybridized carbons (Fsp3) is 0.474. The minimum Gasteiger partial charge on any atom is -0.378 e. The molecule has 1 N–H and O–H groups in total. The fourth-order valence-electron chi connectivity index (χ4n) is 3.22. The summed E-state index contributed by atoms with van der Waals surface area (Å²) < 4.78 is 0. The number of nitrogens with zero attached hydrogens (tertiary/aromatic N) is 4. The molecule has 144 valence electrons. The highest BCUT2D eigenvalue weighted by molar-refractivity contribution is 6.39. The molecule has 1 aromatic rings. The van der Waals surface area contributed by atoms with Crippen LogP contribution in [0.15, 0.2) is 29.4 Å². The number of hydrogen-bond donors (Lipinski definition) is 1. The summed E-state index contributed by atoms with van der Waals surface area (Å²) >= 11 is 0. The van der Waals surface area contributed by atoms with Crippen LogP contribution >= 0.6 is 0 Å². The topological polar surface area (TPSA) is 85.3 Å². The van der Waals surface area contributed by atoms with Crippen molar-refractivity contribution in [1.29, 1.82) is 0 Å². The lowest BCUT2D eigenvalue weighted by molar-refractivity contribution is -0.124. The third-order valence-corrected chi connectivity index (χ3v) is 4.85.